The molecule has 126 valence electrons. The number of aryl methyl sites for hydroxylation is 1. The zero-order chi connectivity index (χ0) is 16.6. The maximum atomic E-state index is 11.9. The van der Waals surface area contributed by atoms with Gasteiger partial charge in [0, 0.05) is 37.4 Å². The van der Waals surface area contributed by atoms with Crippen molar-refractivity contribution in [3.63, 3.8) is 0 Å². The van der Waals surface area contributed by atoms with Crippen LogP contribution in [0.15, 0.2) is 10.9 Å². The Morgan fingerprint density at radius 1 is 1.43 bits per heavy atom. The van der Waals surface area contributed by atoms with Crippen LogP contribution < -0.4 is 10.9 Å². The molecule has 0 aliphatic carbocycles. The van der Waals surface area contributed by atoms with Crippen molar-refractivity contribution < 1.29 is 4.74 Å². The van der Waals surface area contributed by atoms with Crippen molar-refractivity contribution in [3.8, 4) is 0 Å². The topological polar surface area (TPSA) is 71.8 Å². The average Bonchev–Trinajstić information content (AvgIpc) is 2.87. The van der Waals surface area contributed by atoms with Crippen LogP contribution in [0.5, 0.6) is 0 Å². The third-order valence-corrected chi connectivity index (χ3v) is 4.86. The van der Waals surface area contributed by atoms with E-state index in [1.165, 1.54) is 21.9 Å². The Kier molecular flexibility index (Phi) is 4.65. The second-order valence-electron chi connectivity index (χ2n) is 6.28. The van der Waals surface area contributed by atoms with Crippen LogP contribution in [0.3, 0.4) is 0 Å². The van der Waals surface area contributed by atoms with Crippen LogP contribution in [0.4, 0.5) is 5.13 Å². The number of nitrogens with zero attached hydrogens (tertiary/aromatic N) is 4. The summed E-state index contributed by atoms with van der Waals surface area (Å²) in [5.74, 6) is 0. The van der Waals surface area contributed by atoms with Crippen molar-refractivity contribution in [1.29, 1.82) is 0 Å². The van der Waals surface area contributed by atoms with Gasteiger partial charge in [-0.1, -0.05) is 11.3 Å². The summed E-state index contributed by atoms with van der Waals surface area (Å²) in [5.41, 5.74) is 0.579. The summed E-state index contributed by atoms with van der Waals surface area (Å²) in [7, 11) is 0. The van der Waals surface area contributed by atoms with Gasteiger partial charge >= 0.3 is 0 Å². The van der Waals surface area contributed by atoms with Crippen LogP contribution in [0.1, 0.15) is 26.5 Å². The van der Waals surface area contributed by atoms with E-state index in [1.807, 2.05) is 6.92 Å². The van der Waals surface area contributed by atoms with Crippen molar-refractivity contribution in [1.82, 2.24) is 19.5 Å². The van der Waals surface area contributed by atoms with E-state index < -0.39 is 0 Å². The molecule has 3 heterocycles. The molecule has 2 aromatic rings. The lowest BCUT2D eigenvalue weighted by Crippen LogP contribution is -2.51. The highest BCUT2D eigenvalue weighted by Crippen LogP contribution is 2.18. The Bertz CT molecular complexity index is 733. The molecule has 0 bridgehead atoms. The van der Waals surface area contributed by atoms with Crippen molar-refractivity contribution in [2.24, 2.45) is 0 Å². The zero-order valence-electron chi connectivity index (χ0n) is 13.9. The average molecular weight is 337 g/mol. The van der Waals surface area contributed by atoms with E-state index in [1.54, 1.807) is 0 Å². The Balaban J connectivity index is 1.66. The first-order valence-corrected chi connectivity index (χ1v) is 8.75. The maximum absolute atomic E-state index is 11.9. The molecule has 0 spiro atoms. The van der Waals surface area contributed by atoms with Crippen LogP contribution in [-0.2, 0) is 4.74 Å². The largest absolute Gasteiger partial charge is 0.373 e. The van der Waals surface area contributed by atoms with Gasteiger partial charge in [0.15, 0.2) is 0 Å². The summed E-state index contributed by atoms with van der Waals surface area (Å²) in [5, 5.41) is 8.36. The molecular weight excluding hydrogens is 314 g/mol. The first-order valence-electron chi connectivity index (χ1n) is 7.93. The van der Waals surface area contributed by atoms with Crippen molar-refractivity contribution >= 4 is 21.4 Å². The van der Waals surface area contributed by atoms with E-state index in [-0.39, 0.29) is 17.8 Å². The van der Waals surface area contributed by atoms with Gasteiger partial charge in [-0.05, 0) is 27.7 Å². The molecule has 0 amide bonds. The van der Waals surface area contributed by atoms with Crippen LogP contribution in [0.25, 0.3) is 4.96 Å². The van der Waals surface area contributed by atoms with Crippen molar-refractivity contribution in [3.05, 3.63) is 22.1 Å². The quantitative estimate of drug-likeness (QED) is 0.908. The van der Waals surface area contributed by atoms with Crippen LogP contribution in [0.2, 0.25) is 0 Å². The van der Waals surface area contributed by atoms with Crippen molar-refractivity contribution in [2.75, 3.05) is 25.0 Å². The lowest BCUT2D eigenvalue weighted by atomic mass is 10.2. The van der Waals surface area contributed by atoms with Crippen LogP contribution in [-0.4, -0.2) is 57.4 Å². The molecule has 0 radical (unpaired) electrons. The van der Waals surface area contributed by atoms with E-state index in [2.05, 4.69) is 41.1 Å². The molecule has 3 rings (SSSR count). The second-order valence-corrected chi connectivity index (χ2v) is 7.23. The van der Waals surface area contributed by atoms with Gasteiger partial charge < -0.3 is 10.1 Å². The smallest absolute Gasteiger partial charge is 0.275 e. The minimum Gasteiger partial charge on any atom is -0.373 e. The molecule has 1 N–H and O–H groups in total. The number of aromatic nitrogens is 3. The minimum absolute atomic E-state index is 0.138. The number of morpholine rings is 1. The number of anilines is 1. The van der Waals surface area contributed by atoms with E-state index in [0.29, 0.717) is 11.0 Å². The van der Waals surface area contributed by atoms with E-state index >= 15 is 0 Å². The normalized spacial score (nSPS) is 24.0. The summed E-state index contributed by atoms with van der Waals surface area (Å²) in [6, 6.07) is 1.86. The highest BCUT2D eigenvalue weighted by molar-refractivity contribution is 7.20. The summed E-state index contributed by atoms with van der Waals surface area (Å²) >= 11 is 1.40. The fourth-order valence-corrected chi connectivity index (χ4v) is 3.79. The third kappa shape index (κ3) is 3.70. The molecule has 1 saturated heterocycles. The Morgan fingerprint density at radius 3 is 2.83 bits per heavy atom. The fourth-order valence-electron chi connectivity index (χ4n) is 2.93. The van der Waals surface area contributed by atoms with Gasteiger partial charge in [-0.15, -0.1) is 5.10 Å². The number of hydrogen-bond acceptors (Lipinski definition) is 7. The van der Waals surface area contributed by atoms with Crippen molar-refractivity contribution in [2.45, 2.75) is 45.9 Å². The molecule has 2 aromatic heterocycles. The highest BCUT2D eigenvalue weighted by atomic mass is 32.1. The molecule has 1 fully saturated rings. The predicted octanol–water partition coefficient (Wildman–Crippen LogP) is 1.37. The summed E-state index contributed by atoms with van der Waals surface area (Å²) in [6.07, 6.45) is 0.517. The minimum atomic E-state index is -0.138. The van der Waals surface area contributed by atoms with Gasteiger partial charge in [-0.3, -0.25) is 9.69 Å². The number of rotatable bonds is 4. The van der Waals surface area contributed by atoms with Gasteiger partial charge in [0.1, 0.15) is 0 Å². The highest BCUT2D eigenvalue weighted by Gasteiger charge is 2.25. The summed E-state index contributed by atoms with van der Waals surface area (Å²) in [6.45, 7) is 10.9. The fraction of sp³-hybridized carbons (Fsp3) is 0.667. The molecular formula is C15H23N5O2S. The van der Waals surface area contributed by atoms with Gasteiger partial charge in [0.25, 0.3) is 5.56 Å². The maximum Gasteiger partial charge on any atom is 0.275 e. The third-order valence-electron chi connectivity index (χ3n) is 3.99. The standard InChI is InChI=1S/C15H23N5O2S/c1-9-5-13(21)20-15(17-9)23-14(18-20)16-6-10(2)19-7-11(3)22-12(4)8-19/h5,10-12H,6-8H2,1-4H3,(H,16,18)/t10-,11-,12+/m0/s1. The van der Waals surface area contributed by atoms with E-state index in [4.69, 9.17) is 4.74 Å². The first-order chi connectivity index (χ1) is 10.9. The van der Waals surface area contributed by atoms with Crippen LogP contribution in [0, 0.1) is 6.92 Å². The number of nitrogens with one attached hydrogen (secondary N) is 1. The molecule has 1 aliphatic rings. The molecule has 3 atom stereocenters. The molecule has 0 aromatic carbocycles. The Morgan fingerprint density at radius 2 is 2.13 bits per heavy atom. The lowest BCUT2D eigenvalue weighted by molar-refractivity contribution is -0.0769. The molecule has 23 heavy (non-hydrogen) atoms. The summed E-state index contributed by atoms with van der Waals surface area (Å²) in [4.78, 5) is 19.3. The first kappa shape index (κ1) is 16.4. The van der Waals surface area contributed by atoms with E-state index in [9.17, 15) is 4.79 Å². The molecule has 0 saturated carbocycles. The number of ether oxygens (including phenoxy) is 1. The second kappa shape index (κ2) is 6.54. The van der Waals surface area contributed by atoms with Gasteiger partial charge in [-0.25, -0.2) is 4.98 Å². The molecule has 8 heteroatoms. The SMILES string of the molecule is Cc1cc(=O)n2nc(NC[C@H](C)N3C[C@@H](C)O[C@@H](C)C3)sc2n1. The van der Waals surface area contributed by atoms with Gasteiger partial charge in [0.2, 0.25) is 10.1 Å². The Labute approximate surface area is 139 Å². The lowest BCUT2D eigenvalue weighted by Gasteiger charge is -2.38. The molecule has 0 unspecified atom stereocenters. The number of hydrogen-bond donors (Lipinski definition) is 1. The van der Waals surface area contributed by atoms with Crippen LogP contribution >= 0.6 is 11.3 Å². The van der Waals surface area contributed by atoms with Gasteiger partial charge in [0.05, 0.1) is 12.2 Å². The predicted molar refractivity (Wildman–Crippen MR) is 91.4 cm³/mol. The number of fused-ring (bicyclic) bond motifs is 1. The Hall–Kier alpha value is -1.51. The summed E-state index contributed by atoms with van der Waals surface area (Å²) < 4.78 is 7.13. The zero-order valence-corrected chi connectivity index (χ0v) is 14.8. The molecule has 7 nitrogen and oxygen atoms in total. The molecule has 1 aliphatic heterocycles. The monoisotopic (exact) mass is 337 g/mol. The van der Waals surface area contributed by atoms with E-state index in [0.717, 1.165) is 30.5 Å². The van der Waals surface area contributed by atoms with Gasteiger partial charge in [-0.2, -0.15) is 4.52 Å².